The molecule has 6 nitrogen and oxygen atoms in total. The number of esters is 1. The van der Waals surface area contributed by atoms with E-state index >= 15 is 0 Å². The van der Waals surface area contributed by atoms with Gasteiger partial charge < -0.3 is 13.9 Å². The lowest BCUT2D eigenvalue weighted by molar-refractivity contribution is -0.274. The third-order valence-corrected chi connectivity index (χ3v) is 3.66. The van der Waals surface area contributed by atoms with Crippen molar-refractivity contribution in [1.82, 2.24) is 10.2 Å². The molecular weight excluding hydrogens is 377 g/mol. The molecule has 0 aliphatic rings. The monoisotopic (exact) mass is 392 g/mol. The van der Waals surface area contributed by atoms with E-state index in [9.17, 15) is 18.0 Å². The molecule has 0 fully saturated rings. The van der Waals surface area contributed by atoms with E-state index < -0.39 is 24.2 Å². The third-order valence-electron chi connectivity index (χ3n) is 3.66. The van der Waals surface area contributed by atoms with Gasteiger partial charge in [-0.15, -0.1) is 23.4 Å². The zero-order chi connectivity index (χ0) is 20.3. The molecule has 0 aliphatic carbocycles. The van der Waals surface area contributed by atoms with Crippen LogP contribution in [0.2, 0.25) is 0 Å². The van der Waals surface area contributed by atoms with Gasteiger partial charge in [-0.1, -0.05) is 17.7 Å². The van der Waals surface area contributed by atoms with Crippen LogP contribution < -0.4 is 4.74 Å². The minimum absolute atomic E-state index is 0.0554. The van der Waals surface area contributed by atoms with Gasteiger partial charge in [-0.2, -0.15) is 0 Å². The highest BCUT2D eigenvalue weighted by atomic mass is 19.4. The van der Waals surface area contributed by atoms with Crippen LogP contribution in [0, 0.1) is 6.92 Å². The molecule has 146 valence electrons. The number of aryl methyl sites for hydroxylation is 1. The lowest BCUT2D eigenvalue weighted by Gasteiger charge is -2.11. The third kappa shape index (κ3) is 4.87. The molecule has 0 amide bonds. The van der Waals surface area contributed by atoms with E-state index in [0.717, 1.165) is 23.3 Å². The first-order valence-electron chi connectivity index (χ1n) is 8.18. The Morgan fingerprint density at radius 2 is 1.82 bits per heavy atom. The molecule has 28 heavy (non-hydrogen) atoms. The highest BCUT2D eigenvalue weighted by Gasteiger charge is 2.31. The van der Waals surface area contributed by atoms with Crippen LogP contribution >= 0.6 is 0 Å². The number of carbonyl (C=O) groups excluding carboxylic acids is 1. The van der Waals surface area contributed by atoms with Crippen molar-refractivity contribution in [2.45, 2.75) is 26.3 Å². The molecule has 9 heteroatoms. The molecule has 3 aromatic rings. The molecule has 0 N–H and O–H groups in total. The molecule has 1 atom stereocenters. The van der Waals surface area contributed by atoms with Gasteiger partial charge in [0, 0.05) is 5.56 Å². The van der Waals surface area contributed by atoms with E-state index in [2.05, 4.69) is 14.9 Å². The van der Waals surface area contributed by atoms with Gasteiger partial charge in [0.1, 0.15) is 5.75 Å². The van der Waals surface area contributed by atoms with Crippen LogP contribution in [0.15, 0.2) is 52.9 Å². The Kier molecular flexibility index (Phi) is 5.34. The van der Waals surface area contributed by atoms with Crippen LogP contribution in [0.4, 0.5) is 13.2 Å². The first-order valence-corrected chi connectivity index (χ1v) is 8.18. The summed E-state index contributed by atoms with van der Waals surface area (Å²) in [6.07, 6.45) is -5.64. The second kappa shape index (κ2) is 7.71. The van der Waals surface area contributed by atoms with Crippen LogP contribution in [0.3, 0.4) is 0 Å². The van der Waals surface area contributed by atoms with Gasteiger partial charge >= 0.3 is 12.3 Å². The predicted octanol–water partition coefficient (Wildman–Crippen LogP) is 4.86. The molecule has 2 aromatic carbocycles. The molecule has 0 saturated heterocycles. The molecule has 3 rings (SSSR count). The van der Waals surface area contributed by atoms with E-state index in [1.807, 2.05) is 31.2 Å². The van der Waals surface area contributed by atoms with Gasteiger partial charge in [-0.25, -0.2) is 4.79 Å². The minimum Gasteiger partial charge on any atom is -0.449 e. The van der Waals surface area contributed by atoms with E-state index in [0.29, 0.717) is 0 Å². The highest BCUT2D eigenvalue weighted by molar-refractivity contribution is 5.89. The lowest BCUT2D eigenvalue weighted by atomic mass is 10.1. The second-order valence-electron chi connectivity index (χ2n) is 5.93. The standard InChI is InChI=1S/C19H15F3N2O4/c1-11-4-3-5-14(10-11)17-24-23-16(27-17)12(2)26-18(25)13-6-8-15(9-7-13)28-19(20,21)22/h3-10,12H,1-2H3. The smallest absolute Gasteiger partial charge is 0.449 e. The lowest BCUT2D eigenvalue weighted by Crippen LogP contribution is -2.17. The summed E-state index contributed by atoms with van der Waals surface area (Å²) in [6, 6.07) is 11.9. The average molecular weight is 392 g/mol. The van der Waals surface area contributed by atoms with E-state index in [4.69, 9.17) is 9.15 Å². The fourth-order valence-corrected chi connectivity index (χ4v) is 2.37. The van der Waals surface area contributed by atoms with Crippen molar-refractivity contribution < 1.29 is 31.9 Å². The summed E-state index contributed by atoms with van der Waals surface area (Å²) in [5.74, 6) is -0.796. The fraction of sp³-hybridized carbons (Fsp3) is 0.211. The van der Waals surface area contributed by atoms with Crippen LogP contribution in [0.1, 0.15) is 34.8 Å². The summed E-state index contributed by atoms with van der Waals surface area (Å²) >= 11 is 0. The number of carbonyl (C=O) groups is 1. The molecule has 1 heterocycles. The largest absolute Gasteiger partial charge is 0.573 e. The minimum atomic E-state index is -4.80. The van der Waals surface area contributed by atoms with Gasteiger partial charge in [0.2, 0.25) is 5.89 Å². The van der Waals surface area contributed by atoms with Crippen molar-refractivity contribution in [3.8, 4) is 17.2 Å². The first-order chi connectivity index (χ1) is 13.2. The number of hydrogen-bond acceptors (Lipinski definition) is 6. The molecule has 0 spiro atoms. The summed E-state index contributed by atoms with van der Waals surface area (Å²) in [5, 5.41) is 7.83. The summed E-state index contributed by atoms with van der Waals surface area (Å²) in [4.78, 5) is 12.2. The van der Waals surface area contributed by atoms with Crippen LogP contribution in [0.25, 0.3) is 11.5 Å². The number of nitrogens with zero attached hydrogens (tertiary/aromatic N) is 2. The number of ether oxygens (including phenoxy) is 2. The molecule has 0 radical (unpaired) electrons. The van der Waals surface area contributed by atoms with Gasteiger partial charge in [0.15, 0.2) is 6.10 Å². The van der Waals surface area contributed by atoms with Gasteiger partial charge in [0.05, 0.1) is 5.56 Å². The van der Waals surface area contributed by atoms with Gasteiger partial charge in [-0.05, 0) is 50.2 Å². The van der Waals surface area contributed by atoms with Crippen molar-refractivity contribution in [1.29, 1.82) is 0 Å². The number of halogens is 3. The second-order valence-corrected chi connectivity index (χ2v) is 5.93. The predicted molar refractivity (Wildman–Crippen MR) is 91.4 cm³/mol. The topological polar surface area (TPSA) is 74.5 Å². The Morgan fingerprint density at radius 3 is 2.46 bits per heavy atom. The molecular formula is C19H15F3N2O4. The van der Waals surface area contributed by atoms with Crippen molar-refractivity contribution in [3.05, 3.63) is 65.5 Å². The quantitative estimate of drug-likeness (QED) is 0.577. The van der Waals surface area contributed by atoms with Gasteiger partial charge in [0.25, 0.3) is 5.89 Å². The SMILES string of the molecule is Cc1cccc(-c2nnc(C(C)OC(=O)c3ccc(OC(F)(F)F)cc3)o2)c1. The van der Waals surface area contributed by atoms with E-state index in [1.54, 1.807) is 6.92 Å². The summed E-state index contributed by atoms with van der Waals surface area (Å²) in [7, 11) is 0. The Bertz CT molecular complexity index is 968. The fourth-order valence-electron chi connectivity index (χ4n) is 2.37. The Morgan fingerprint density at radius 1 is 1.11 bits per heavy atom. The zero-order valence-electron chi connectivity index (χ0n) is 14.9. The van der Waals surface area contributed by atoms with Crippen molar-refractivity contribution in [2.75, 3.05) is 0 Å². The van der Waals surface area contributed by atoms with Crippen LogP contribution in [0.5, 0.6) is 5.75 Å². The molecule has 1 unspecified atom stereocenters. The number of rotatable bonds is 5. The highest BCUT2D eigenvalue weighted by Crippen LogP contribution is 2.25. The average Bonchev–Trinajstić information content (AvgIpc) is 3.11. The molecule has 0 aliphatic heterocycles. The van der Waals surface area contributed by atoms with Crippen LogP contribution in [-0.4, -0.2) is 22.5 Å². The Labute approximate surface area is 157 Å². The summed E-state index contributed by atoms with van der Waals surface area (Å²) in [6.45, 7) is 3.47. The van der Waals surface area contributed by atoms with Crippen molar-refractivity contribution in [2.24, 2.45) is 0 Å². The van der Waals surface area contributed by atoms with Crippen molar-refractivity contribution in [3.63, 3.8) is 0 Å². The zero-order valence-corrected chi connectivity index (χ0v) is 14.9. The maximum Gasteiger partial charge on any atom is 0.573 e. The first kappa shape index (κ1) is 19.4. The number of hydrogen-bond donors (Lipinski definition) is 0. The van der Waals surface area contributed by atoms with E-state index in [-0.39, 0.29) is 17.3 Å². The number of benzene rings is 2. The van der Waals surface area contributed by atoms with E-state index in [1.165, 1.54) is 12.1 Å². The molecule has 1 aromatic heterocycles. The Balaban J connectivity index is 1.66. The van der Waals surface area contributed by atoms with Gasteiger partial charge in [-0.3, -0.25) is 0 Å². The number of aromatic nitrogens is 2. The summed E-state index contributed by atoms with van der Waals surface area (Å²) < 4.78 is 51.1. The Hall–Kier alpha value is -3.36. The number of alkyl halides is 3. The maximum absolute atomic E-state index is 12.2. The van der Waals surface area contributed by atoms with Crippen molar-refractivity contribution >= 4 is 5.97 Å². The normalized spacial score (nSPS) is 12.5. The molecule has 0 saturated carbocycles. The molecule has 0 bridgehead atoms. The summed E-state index contributed by atoms with van der Waals surface area (Å²) in [5.41, 5.74) is 1.81. The maximum atomic E-state index is 12.2. The van der Waals surface area contributed by atoms with Crippen LogP contribution in [-0.2, 0) is 4.74 Å².